The summed E-state index contributed by atoms with van der Waals surface area (Å²) in [7, 11) is 3.31. The van der Waals surface area contributed by atoms with Crippen molar-refractivity contribution in [3.05, 3.63) is 40.3 Å². The Bertz CT molecular complexity index is 665. The van der Waals surface area contributed by atoms with Gasteiger partial charge in [0.05, 0.1) is 13.2 Å². The molecule has 0 saturated carbocycles. The predicted molar refractivity (Wildman–Crippen MR) is 102 cm³/mol. The number of nitrogens with one attached hydrogen (secondary N) is 3. The van der Waals surface area contributed by atoms with Gasteiger partial charge in [-0.2, -0.15) is 0 Å². The van der Waals surface area contributed by atoms with Crippen molar-refractivity contribution in [3.8, 4) is 5.75 Å². The normalized spacial score (nSPS) is 11.2. The maximum atomic E-state index is 12.1. The minimum Gasteiger partial charge on any atom is -0.491 e. The van der Waals surface area contributed by atoms with Crippen molar-refractivity contribution in [3.63, 3.8) is 0 Å². The van der Waals surface area contributed by atoms with Gasteiger partial charge in [0, 0.05) is 30.6 Å². The number of ether oxygens (including phenoxy) is 3. The minimum absolute atomic E-state index is 0.0374. The highest BCUT2D eigenvalue weighted by molar-refractivity contribution is 5.94. The Morgan fingerprint density at radius 2 is 2.07 bits per heavy atom. The summed E-state index contributed by atoms with van der Waals surface area (Å²) in [5, 5.41) is 11.7. The maximum Gasteiger partial charge on any atom is 0.251 e. The molecular weight excluding hydrogens is 368 g/mol. The zero-order chi connectivity index (χ0) is 20.6. The highest BCUT2D eigenvalue weighted by Gasteiger charge is 2.10. The van der Waals surface area contributed by atoms with Crippen LogP contribution >= 0.6 is 0 Å². The number of nitrogens with zero attached hydrogens (tertiary/aromatic N) is 3. The Labute approximate surface area is 163 Å². The molecule has 3 N–H and O–H groups in total. The van der Waals surface area contributed by atoms with Gasteiger partial charge in [-0.1, -0.05) is 11.2 Å². The van der Waals surface area contributed by atoms with E-state index in [1.54, 1.807) is 31.3 Å². The van der Waals surface area contributed by atoms with Gasteiger partial charge in [0.25, 0.3) is 5.91 Å². The van der Waals surface area contributed by atoms with E-state index in [2.05, 4.69) is 26.0 Å². The Kier molecular flexibility index (Phi) is 11.8. The van der Waals surface area contributed by atoms with Gasteiger partial charge < -0.3 is 30.2 Å². The number of hydrogen-bond acceptors (Lipinski definition) is 7. The van der Waals surface area contributed by atoms with Crippen molar-refractivity contribution >= 4 is 11.8 Å². The van der Waals surface area contributed by atoms with Crippen LogP contribution in [0.15, 0.2) is 29.4 Å². The van der Waals surface area contributed by atoms with Crippen LogP contribution < -0.4 is 20.7 Å². The summed E-state index contributed by atoms with van der Waals surface area (Å²) in [6, 6.07) is 6.64. The van der Waals surface area contributed by atoms with Crippen molar-refractivity contribution in [2.75, 3.05) is 53.6 Å². The molecule has 1 aromatic carbocycles. The molecule has 2 amide bonds. The van der Waals surface area contributed by atoms with Gasteiger partial charge in [-0.3, -0.25) is 9.59 Å². The van der Waals surface area contributed by atoms with Crippen molar-refractivity contribution in [1.29, 1.82) is 0 Å². The summed E-state index contributed by atoms with van der Waals surface area (Å²) in [6.45, 7) is 1.34. The van der Waals surface area contributed by atoms with E-state index in [0.717, 1.165) is 0 Å². The number of benzene rings is 1. The molecule has 0 radical (unpaired) electrons. The Morgan fingerprint density at radius 3 is 2.79 bits per heavy atom. The molecule has 154 valence electrons. The second-order valence-corrected chi connectivity index (χ2v) is 5.45. The number of amides is 2. The van der Waals surface area contributed by atoms with E-state index in [1.165, 1.54) is 7.05 Å². The lowest BCUT2D eigenvalue weighted by atomic mass is 10.2. The van der Waals surface area contributed by atoms with Gasteiger partial charge in [0.1, 0.15) is 19.0 Å². The average molecular weight is 394 g/mol. The van der Waals surface area contributed by atoms with Crippen LogP contribution in [-0.2, 0) is 14.3 Å². The monoisotopic (exact) mass is 394 g/mol. The smallest absolute Gasteiger partial charge is 0.251 e. The van der Waals surface area contributed by atoms with E-state index in [9.17, 15) is 9.59 Å². The molecule has 11 nitrogen and oxygen atoms in total. The van der Waals surface area contributed by atoms with E-state index in [1.807, 2.05) is 0 Å². The molecule has 0 spiro atoms. The van der Waals surface area contributed by atoms with Gasteiger partial charge in [-0.25, -0.2) is 0 Å². The zero-order valence-corrected chi connectivity index (χ0v) is 16.0. The fourth-order valence-electron chi connectivity index (χ4n) is 1.95. The Hall–Kier alpha value is -2.85. The molecule has 1 rings (SSSR count). The number of likely N-dealkylation sites (N-methyl/N-ethyl adjacent to an activating group) is 2. The summed E-state index contributed by atoms with van der Waals surface area (Å²) < 4.78 is 16.0. The molecule has 0 bridgehead atoms. The van der Waals surface area contributed by atoms with E-state index in [-0.39, 0.29) is 38.2 Å². The molecule has 1 atom stereocenters. The third-order valence-corrected chi connectivity index (χ3v) is 3.38. The molecule has 11 heteroatoms. The average Bonchev–Trinajstić information content (AvgIpc) is 2.71. The Balaban J connectivity index is 2.45. The number of azide groups is 1. The quantitative estimate of drug-likeness (QED) is 0.180. The summed E-state index contributed by atoms with van der Waals surface area (Å²) in [6.07, 6.45) is -0.873. The molecule has 1 unspecified atom stereocenters. The van der Waals surface area contributed by atoms with Crippen LogP contribution in [0.25, 0.3) is 10.4 Å². The van der Waals surface area contributed by atoms with Gasteiger partial charge in [0.15, 0.2) is 6.23 Å². The maximum absolute atomic E-state index is 12.1. The SMILES string of the molecule is CNCCNC(=O)c1cccc(OCC(N=[N+]=[N-])OCCOCC(=O)NC)c1. The molecule has 0 heterocycles. The summed E-state index contributed by atoms with van der Waals surface area (Å²) in [4.78, 5) is 25.8. The van der Waals surface area contributed by atoms with Crippen LogP contribution in [0.2, 0.25) is 0 Å². The van der Waals surface area contributed by atoms with Crippen LogP contribution in [0.5, 0.6) is 5.75 Å². The zero-order valence-electron chi connectivity index (χ0n) is 16.0. The molecule has 0 aromatic heterocycles. The molecular formula is C17H26N6O5. The molecule has 0 saturated heterocycles. The van der Waals surface area contributed by atoms with Gasteiger partial charge >= 0.3 is 0 Å². The predicted octanol–water partition coefficient (Wildman–Crippen LogP) is 0.430. The van der Waals surface area contributed by atoms with Gasteiger partial charge in [-0.15, -0.1) is 0 Å². The third kappa shape index (κ3) is 9.74. The van der Waals surface area contributed by atoms with Crippen molar-refractivity contribution < 1.29 is 23.8 Å². The van der Waals surface area contributed by atoms with Gasteiger partial charge in [-0.05, 0) is 30.8 Å². The highest BCUT2D eigenvalue weighted by Crippen LogP contribution is 2.14. The van der Waals surface area contributed by atoms with E-state index in [0.29, 0.717) is 24.4 Å². The molecule has 0 aliphatic carbocycles. The number of rotatable bonds is 14. The van der Waals surface area contributed by atoms with E-state index < -0.39 is 6.23 Å². The summed E-state index contributed by atoms with van der Waals surface area (Å²) in [5.41, 5.74) is 9.10. The first-order valence-electron chi connectivity index (χ1n) is 8.70. The van der Waals surface area contributed by atoms with Gasteiger partial charge in [0.2, 0.25) is 5.91 Å². The molecule has 0 fully saturated rings. The molecule has 1 aromatic rings. The summed E-state index contributed by atoms with van der Waals surface area (Å²) in [5.74, 6) is -0.0134. The number of carbonyl (C=O) groups is 2. The first-order valence-corrected chi connectivity index (χ1v) is 8.70. The minimum atomic E-state index is -0.873. The summed E-state index contributed by atoms with van der Waals surface area (Å²) >= 11 is 0. The topological polar surface area (TPSA) is 147 Å². The highest BCUT2D eigenvalue weighted by atomic mass is 16.6. The van der Waals surface area contributed by atoms with E-state index >= 15 is 0 Å². The molecule has 0 aliphatic rings. The fourth-order valence-corrected chi connectivity index (χ4v) is 1.95. The first-order chi connectivity index (χ1) is 13.6. The number of carbonyl (C=O) groups excluding carboxylic acids is 2. The van der Waals surface area contributed by atoms with Crippen LogP contribution in [0.1, 0.15) is 10.4 Å². The second-order valence-electron chi connectivity index (χ2n) is 5.45. The molecule has 0 aliphatic heterocycles. The van der Waals surface area contributed by atoms with Crippen molar-refractivity contribution in [1.82, 2.24) is 16.0 Å². The largest absolute Gasteiger partial charge is 0.491 e. The lowest BCUT2D eigenvalue weighted by Gasteiger charge is -2.14. The first kappa shape index (κ1) is 23.2. The second kappa shape index (κ2) is 14.2. The van der Waals surface area contributed by atoms with Crippen LogP contribution in [-0.4, -0.2) is 71.7 Å². The third-order valence-electron chi connectivity index (χ3n) is 3.38. The van der Waals surface area contributed by atoms with Crippen molar-refractivity contribution in [2.45, 2.75) is 6.23 Å². The van der Waals surface area contributed by atoms with Crippen LogP contribution in [0.4, 0.5) is 0 Å². The Morgan fingerprint density at radius 1 is 1.25 bits per heavy atom. The standard InChI is InChI=1S/C17H26N6O5/c1-19-6-7-21-17(25)13-4-3-5-14(10-13)28-12-16(22-23-18)27-9-8-26-11-15(24)20-2/h3-5,10,16,19H,6-9,11-12H2,1-2H3,(H,20,24)(H,21,25). The van der Waals surface area contributed by atoms with Crippen LogP contribution in [0, 0.1) is 0 Å². The van der Waals surface area contributed by atoms with E-state index in [4.69, 9.17) is 19.7 Å². The van der Waals surface area contributed by atoms with Crippen molar-refractivity contribution in [2.24, 2.45) is 5.11 Å². The molecule has 28 heavy (non-hydrogen) atoms. The lowest BCUT2D eigenvalue weighted by Crippen LogP contribution is -2.30. The lowest BCUT2D eigenvalue weighted by molar-refractivity contribution is -0.126. The number of hydrogen-bond donors (Lipinski definition) is 3. The fraction of sp³-hybridized carbons (Fsp3) is 0.529. The van der Waals surface area contributed by atoms with Crippen LogP contribution in [0.3, 0.4) is 0 Å².